The fourth-order valence-electron chi connectivity index (χ4n) is 2.77. The molecule has 0 aromatic heterocycles. The van der Waals surface area contributed by atoms with Crippen LogP contribution < -0.4 is 5.32 Å². The third kappa shape index (κ3) is 3.60. The summed E-state index contributed by atoms with van der Waals surface area (Å²) in [5.41, 5.74) is 0. The third-order valence-corrected chi connectivity index (χ3v) is 4.00. The van der Waals surface area contributed by atoms with Crippen molar-refractivity contribution in [1.82, 2.24) is 15.1 Å². The molecule has 0 radical (unpaired) electrons. The van der Waals surface area contributed by atoms with Gasteiger partial charge in [0.2, 0.25) is 0 Å². The molecule has 1 heterocycles. The summed E-state index contributed by atoms with van der Waals surface area (Å²) in [6, 6.07) is 0.814. The van der Waals surface area contributed by atoms with Crippen molar-refractivity contribution in [3.63, 3.8) is 0 Å². The van der Waals surface area contributed by atoms with Gasteiger partial charge in [-0.2, -0.15) is 0 Å². The first kappa shape index (κ1) is 12.7. The monoisotopic (exact) mass is 238 g/mol. The van der Waals surface area contributed by atoms with E-state index in [1.54, 1.807) is 0 Å². The molecule has 0 saturated heterocycles. The number of likely N-dealkylation sites (N-methyl/N-ethyl adjacent to an activating group) is 2. The van der Waals surface area contributed by atoms with Crippen molar-refractivity contribution in [3.05, 3.63) is 0 Å². The fraction of sp³-hybridized carbons (Fsp3) is 0.923. The lowest BCUT2D eigenvalue weighted by Gasteiger charge is -2.31. The van der Waals surface area contributed by atoms with Crippen LogP contribution in [0.2, 0.25) is 0 Å². The number of guanidine groups is 1. The molecule has 1 N–H and O–H groups in total. The smallest absolute Gasteiger partial charge is 0.193 e. The van der Waals surface area contributed by atoms with Crippen LogP contribution in [-0.2, 0) is 0 Å². The summed E-state index contributed by atoms with van der Waals surface area (Å²) in [6.45, 7) is 4.13. The first-order valence-corrected chi connectivity index (χ1v) is 6.97. The standard InChI is InChI=1S/C13H26N4/c1-16(12-6-4-3-5-7-12)10-8-14-13-15-9-11-17(13)2/h12H,3-11H2,1-2H3,(H,14,15). The Morgan fingerprint density at radius 3 is 2.76 bits per heavy atom. The van der Waals surface area contributed by atoms with Crippen molar-refractivity contribution in [2.24, 2.45) is 4.99 Å². The summed E-state index contributed by atoms with van der Waals surface area (Å²) in [4.78, 5) is 9.15. The van der Waals surface area contributed by atoms with E-state index < -0.39 is 0 Å². The van der Waals surface area contributed by atoms with Gasteiger partial charge in [0.05, 0.1) is 6.54 Å². The SMILES string of the molecule is CN1CCN=C1NCCN(C)C1CCCCC1. The highest BCUT2D eigenvalue weighted by Gasteiger charge is 2.18. The Bertz CT molecular complexity index is 258. The van der Waals surface area contributed by atoms with Crippen LogP contribution in [0.1, 0.15) is 32.1 Å². The maximum absolute atomic E-state index is 4.44. The van der Waals surface area contributed by atoms with Gasteiger partial charge in [0.15, 0.2) is 5.96 Å². The van der Waals surface area contributed by atoms with Crippen molar-refractivity contribution >= 4 is 5.96 Å². The van der Waals surface area contributed by atoms with E-state index in [1.165, 1.54) is 32.1 Å². The van der Waals surface area contributed by atoms with E-state index in [4.69, 9.17) is 0 Å². The van der Waals surface area contributed by atoms with Crippen LogP contribution in [-0.4, -0.2) is 62.1 Å². The molecule has 0 unspecified atom stereocenters. The predicted molar refractivity (Wildman–Crippen MR) is 72.4 cm³/mol. The number of nitrogens with zero attached hydrogens (tertiary/aromatic N) is 3. The Balaban J connectivity index is 1.64. The number of nitrogens with one attached hydrogen (secondary N) is 1. The molecule has 0 aromatic carbocycles. The highest BCUT2D eigenvalue weighted by atomic mass is 15.3. The highest BCUT2D eigenvalue weighted by Crippen LogP contribution is 2.21. The maximum atomic E-state index is 4.44. The van der Waals surface area contributed by atoms with Crippen LogP contribution in [0.4, 0.5) is 0 Å². The topological polar surface area (TPSA) is 30.9 Å². The Morgan fingerprint density at radius 1 is 1.35 bits per heavy atom. The van der Waals surface area contributed by atoms with Gasteiger partial charge in [-0.1, -0.05) is 19.3 Å². The van der Waals surface area contributed by atoms with Crippen LogP contribution in [0.25, 0.3) is 0 Å². The molecule has 0 spiro atoms. The molecule has 4 heteroatoms. The summed E-state index contributed by atoms with van der Waals surface area (Å²) in [6.07, 6.45) is 7.04. The molecule has 0 atom stereocenters. The summed E-state index contributed by atoms with van der Waals surface area (Å²) in [5, 5.41) is 3.44. The summed E-state index contributed by atoms with van der Waals surface area (Å²) < 4.78 is 0. The second kappa shape index (κ2) is 6.24. The predicted octanol–water partition coefficient (Wildman–Crippen LogP) is 1.14. The molecule has 0 bridgehead atoms. The largest absolute Gasteiger partial charge is 0.355 e. The third-order valence-electron chi connectivity index (χ3n) is 4.00. The van der Waals surface area contributed by atoms with Crippen LogP contribution in [0.3, 0.4) is 0 Å². The number of hydrogen-bond donors (Lipinski definition) is 1. The van der Waals surface area contributed by atoms with Gasteiger partial charge in [-0.15, -0.1) is 0 Å². The fourth-order valence-corrected chi connectivity index (χ4v) is 2.77. The molecule has 1 aliphatic heterocycles. The van der Waals surface area contributed by atoms with Gasteiger partial charge < -0.3 is 15.1 Å². The van der Waals surface area contributed by atoms with E-state index >= 15 is 0 Å². The zero-order valence-electron chi connectivity index (χ0n) is 11.3. The number of rotatable bonds is 4. The van der Waals surface area contributed by atoms with Gasteiger partial charge in [0, 0.05) is 32.7 Å². The van der Waals surface area contributed by atoms with Crippen LogP contribution >= 0.6 is 0 Å². The van der Waals surface area contributed by atoms with E-state index in [2.05, 4.69) is 34.2 Å². The van der Waals surface area contributed by atoms with Gasteiger partial charge >= 0.3 is 0 Å². The molecule has 0 aromatic rings. The molecule has 1 aliphatic carbocycles. The zero-order valence-corrected chi connectivity index (χ0v) is 11.3. The molecule has 1 saturated carbocycles. The lowest BCUT2D eigenvalue weighted by molar-refractivity contribution is 0.194. The van der Waals surface area contributed by atoms with E-state index in [9.17, 15) is 0 Å². The van der Waals surface area contributed by atoms with E-state index in [0.29, 0.717) is 0 Å². The quantitative estimate of drug-likeness (QED) is 0.797. The summed E-state index contributed by atoms with van der Waals surface area (Å²) >= 11 is 0. The molecule has 0 amide bonds. The minimum atomic E-state index is 0.814. The average molecular weight is 238 g/mol. The average Bonchev–Trinajstić information content (AvgIpc) is 2.76. The van der Waals surface area contributed by atoms with E-state index in [0.717, 1.165) is 38.2 Å². The van der Waals surface area contributed by atoms with Crippen molar-refractivity contribution < 1.29 is 0 Å². The van der Waals surface area contributed by atoms with Gasteiger partial charge in [0.1, 0.15) is 0 Å². The molecular weight excluding hydrogens is 212 g/mol. The summed E-state index contributed by atoms with van der Waals surface area (Å²) in [5.74, 6) is 1.07. The maximum Gasteiger partial charge on any atom is 0.193 e. The molecule has 2 rings (SSSR count). The van der Waals surface area contributed by atoms with Gasteiger partial charge in [-0.25, -0.2) is 0 Å². The zero-order chi connectivity index (χ0) is 12.1. The second-order valence-corrected chi connectivity index (χ2v) is 5.33. The van der Waals surface area contributed by atoms with Crippen molar-refractivity contribution in [2.75, 3.05) is 40.3 Å². The van der Waals surface area contributed by atoms with E-state index in [1.807, 2.05) is 0 Å². The lowest BCUT2D eigenvalue weighted by Crippen LogP contribution is -2.42. The minimum absolute atomic E-state index is 0.814. The van der Waals surface area contributed by atoms with E-state index in [-0.39, 0.29) is 0 Å². The van der Waals surface area contributed by atoms with Gasteiger partial charge in [-0.3, -0.25) is 4.99 Å². The van der Waals surface area contributed by atoms with Crippen molar-refractivity contribution in [1.29, 1.82) is 0 Å². The van der Waals surface area contributed by atoms with Gasteiger partial charge in [-0.05, 0) is 19.9 Å². The first-order chi connectivity index (χ1) is 8.27. The molecule has 2 aliphatic rings. The molecule has 1 fully saturated rings. The molecular formula is C13H26N4. The Kier molecular flexibility index (Phi) is 4.66. The normalized spacial score (nSPS) is 22.1. The van der Waals surface area contributed by atoms with Gasteiger partial charge in [0.25, 0.3) is 0 Å². The molecule has 17 heavy (non-hydrogen) atoms. The minimum Gasteiger partial charge on any atom is -0.355 e. The Labute approximate surface area is 105 Å². The first-order valence-electron chi connectivity index (χ1n) is 6.97. The van der Waals surface area contributed by atoms with Crippen LogP contribution in [0, 0.1) is 0 Å². The Hall–Kier alpha value is -0.770. The second-order valence-electron chi connectivity index (χ2n) is 5.33. The summed E-state index contributed by atoms with van der Waals surface area (Å²) in [7, 11) is 4.36. The molecule has 98 valence electrons. The van der Waals surface area contributed by atoms with Crippen molar-refractivity contribution in [3.8, 4) is 0 Å². The number of aliphatic imine (C=N–C) groups is 1. The Morgan fingerprint density at radius 2 is 2.12 bits per heavy atom. The van der Waals surface area contributed by atoms with Crippen LogP contribution in [0.15, 0.2) is 4.99 Å². The lowest BCUT2D eigenvalue weighted by atomic mass is 9.94. The molecule has 4 nitrogen and oxygen atoms in total. The number of hydrogen-bond acceptors (Lipinski definition) is 4. The van der Waals surface area contributed by atoms with Crippen molar-refractivity contribution in [2.45, 2.75) is 38.1 Å². The highest BCUT2D eigenvalue weighted by molar-refractivity contribution is 5.81. The van der Waals surface area contributed by atoms with Crippen LogP contribution in [0.5, 0.6) is 0 Å².